The van der Waals surface area contributed by atoms with E-state index in [1.165, 1.54) is 31.2 Å². The van der Waals surface area contributed by atoms with Crippen molar-refractivity contribution in [1.29, 1.82) is 0 Å². The molecule has 0 bridgehead atoms. The Morgan fingerprint density at radius 3 is 2.27 bits per heavy atom. The minimum absolute atomic E-state index is 0.0231. The van der Waals surface area contributed by atoms with Crippen molar-refractivity contribution in [1.82, 2.24) is 5.32 Å². The van der Waals surface area contributed by atoms with Gasteiger partial charge in [0.2, 0.25) is 5.91 Å². The molecule has 2 aromatic carbocycles. The zero-order valence-corrected chi connectivity index (χ0v) is 18.3. The first-order valence-corrected chi connectivity index (χ1v) is 12.7. The number of rotatable bonds is 7. The molecule has 0 saturated carbocycles. The lowest BCUT2D eigenvalue weighted by molar-refractivity contribution is -0.114. The van der Waals surface area contributed by atoms with Gasteiger partial charge in [0.1, 0.15) is 5.75 Å². The van der Waals surface area contributed by atoms with Crippen molar-refractivity contribution in [3.63, 3.8) is 0 Å². The van der Waals surface area contributed by atoms with Crippen molar-refractivity contribution in [2.75, 3.05) is 23.9 Å². The summed E-state index contributed by atoms with van der Waals surface area (Å²) in [7, 11) is -5.82. The third-order valence-corrected chi connectivity index (χ3v) is 9.10. The predicted molar refractivity (Wildman–Crippen MR) is 114 cm³/mol. The Hall–Kier alpha value is -2.43. The summed E-state index contributed by atoms with van der Waals surface area (Å²) in [5, 5.41) is 4.58. The fourth-order valence-corrected chi connectivity index (χ4v) is 8.13. The molecule has 3 rings (SSSR count). The van der Waals surface area contributed by atoms with Crippen LogP contribution in [0.1, 0.15) is 12.5 Å². The van der Waals surface area contributed by atoms with E-state index in [2.05, 4.69) is 10.6 Å². The van der Waals surface area contributed by atoms with Gasteiger partial charge in [-0.25, -0.2) is 16.8 Å². The number of carbonyl (C=O) groups excluding carboxylic acids is 1. The Morgan fingerprint density at radius 2 is 1.70 bits per heavy atom. The molecule has 0 unspecified atom stereocenters. The van der Waals surface area contributed by atoms with E-state index in [-0.39, 0.29) is 16.6 Å². The highest BCUT2D eigenvalue weighted by atomic mass is 32.2. The number of methoxy groups -OCH3 is 1. The van der Waals surface area contributed by atoms with Gasteiger partial charge >= 0.3 is 0 Å². The van der Waals surface area contributed by atoms with Crippen LogP contribution in [0.5, 0.6) is 5.75 Å². The number of anilines is 1. The lowest BCUT2D eigenvalue weighted by atomic mass is 10.2. The quantitative estimate of drug-likeness (QED) is 0.651. The number of ether oxygens (including phenoxy) is 1. The van der Waals surface area contributed by atoms with Gasteiger partial charge in [0.05, 0.1) is 28.8 Å². The van der Waals surface area contributed by atoms with Crippen molar-refractivity contribution in [3.8, 4) is 5.75 Å². The van der Waals surface area contributed by atoms with Gasteiger partial charge in [-0.3, -0.25) is 4.79 Å². The zero-order chi connectivity index (χ0) is 21.9. The monoisotopic (exact) mass is 452 g/mol. The van der Waals surface area contributed by atoms with Crippen LogP contribution in [0.2, 0.25) is 0 Å². The van der Waals surface area contributed by atoms with Crippen LogP contribution in [0.3, 0.4) is 0 Å². The first kappa shape index (κ1) is 22.3. The number of benzene rings is 2. The summed E-state index contributed by atoms with van der Waals surface area (Å²) in [6, 6.07) is 12.2. The predicted octanol–water partition coefficient (Wildman–Crippen LogP) is 1.38. The maximum absolute atomic E-state index is 13.2. The minimum Gasteiger partial charge on any atom is -0.497 e. The average molecular weight is 453 g/mol. The third-order valence-electron chi connectivity index (χ3n) is 4.93. The highest BCUT2D eigenvalue weighted by Crippen LogP contribution is 2.27. The molecule has 2 N–H and O–H groups in total. The molecule has 1 fully saturated rings. The second kappa shape index (κ2) is 8.75. The first-order chi connectivity index (χ1) is 14.1. The molecular weight excluding hydrogens is 428 g/mol. The van der Waals surface area contributed by atoms with Crippen LogP contribution in [0.15, 0.2) is 53.4 Å². The zero-order valence-electron chi connectivity index (χ0n) is 16.7. The van der Waals surface area contributed by atoms with Crippen LogP contribution < -0.4 is 15.4 Å². The van der Waals surface area contributed by atoms with Crippen LogP contribution in [-0.4, -0.2) is 52.7 Å². The smallest absolute Gasteiger partial charge is 0.221 e. The van der Waals surface area contributed by atoms with Crippen molar-refractivity contribution < 1.29 is 26.4 Å². The molecule has 0 spiro atoms. The van der Waals surface area contributed by atoms with E-state index in [0.29, 0.717) is 18.0 Å². The maximum Gasteiger partial charge on any atom is 0.221 e. The van der Waals surface area contributed by atoms with Crippen LogP contribution in [0.25, 0.3) is 0 Å². The molecule has 2 atom stereocenters. The number of carbonyl (C=O) groups is 1. The average Bonchev–Trinajstić information content (AvgIpc) is 3.02. The molecule has 30 heavy (non-hydrogen) atoms. The van der Waals surface area contributed by atoms with Crippen LogP contribution in [0.4, 0.5) is 5.69 Å². The summed E-state index contributed by atoms with van der Waals surface area (Å²) in [6.45, 7) is 1.69. The summed E-state index contributed by atoms with van der Waals surface area (Å²) in [6.07, 6.45) is 0. The Morgan fingerprint density at radius 1 is 1.07 bits per heavy atom. The molecule has 1 amide bonds. The van der Waals surface area contributed by atoms with Crippen LogP contribution in [-0.2, 0) is 31.0 Å². The van der Waals surface area contributed by atoms with E-state index in [9.17, 15) is 21.6 Å². The molecule has 1 aliphatic heterocycles. The van der Waals surface area contributed by atoms with Gasteiger partial charge in [-0.15, -0.1) is 0 Å². The van der Waals surface area contributed by atoms with Gasteiger partial charge in [0, 0.05) is 25.2 Å². The summed E-state index contributed by atoms with van der Waals surface area (Å²) >= 11 is 0. The number of nitrogens with one attached hydrogen (secondary N) is 2. The maximum atomic E-state index is 13.2. The Kier molecular flexibility index (Phi) is 6.49. The minimum atomic E-state index is -3.89. The standard InChI is InChI=1S/C20H24N2O6S2/c1-14(23)22-16-5-9-18(10-6-16)30(26,27)20-13-29(24,25)12-19(20)21-11-15-3-7-17(28-2)8-4-15/h3-10,19-21H,11-13H2,1-2H3,(H,22,23)/t19-,20-/m0/s1. The third kappa shape index (κ3) is 5.18. The molecule has 1 aliphatic rings. The number of hydrogen-bond acceptors (Lipinski definition) is 7. The van der Waals surface area contributed by atoms with E-state index in [0.717, 1.165) is 5.56 Å². The fraction of sp³-hybridized carbons (Fsp3) is 0.350. The van der Waals surface area contributed by atoms with Crippen molar-refractivity contribution in [2.24, 2.45) is 0 Å². The van der Waals surface area contributed by atoms with E-state index < -0.39 is 36.7 Å². The molecule has 0 aromatic heterocycles. The van der Waals surface area contributed by atoms with E-state index in [4.69, 9.17) is 4.74 Å². The SMILES string of the molecule is COc1ccc(CN[C@H]2CS(=O)(=O)C[C@@H]2S(=O)(=O)c2ccc(NC(C)=O)cc2)cc1. The number of hydrogen-bond donors (Lipinski definition) is 2. The van der Waals surface area contributed by atoms with Crippen LogP contribution in [0, 0.1) is 0 Å². The fourth-order valence-electron chi connectivity index (χ4n) is 3.41. The molecule has 0 radical (unpaired) electrons. The first-order valence-electron chi connectivity index (χ1n) is 9.29. The van der Waals surface area contributed by atoms with Crippen LogP contribution >= 0.6 is 0 Å². The Balaban J connectivity index is 1.79. The lowest BCUT2D eigenvalue weighted by Crippen LogP contribution is -2.43. The molecule has 0 aliphatic carbocycles. The molecule has 162 valence electrons. The van der Waals surface area contributed by atoms with E-state index in [1.807, 2.05) is 12.1 Å². The van der Waals surface area contributed by atoms with Crippen molar-refractivity contribution >= 4 is 31.3 Å². The topological polar surface area (TPSA) is 119 Å². The highest BCUT2D eigenvalue weighted by molar-refractivity contribution is 7.96. The highest BCUT2D eigenvalue weighted by Gasteiger charge is 2.45. The summed E-state index contributed by atoms with van der Waals surface area (Å²) in [5.74, 6) is -0.235. The molecular formula is C20H24N2O6S2. The van der Waals surface area contributed by atoms with Crippen molar-refractivity contribution in [2.45, 2.75) is 29.7 Å². The lowest BCUT2D eigenvalue weighted by Gasteiger charge is -2.20. The van der Waals surface area contributed by atoms with Gasteiger partial charge in [-0.2, -0.15) is 0 Å². The van der Waals surface area contributed by atoms with Gasteiger partial charge in [-0.1, -0.05) is 12.1 Å². The largest absolute Gasteiger partial charge is 0.497 e. The van der Waals surface area contributed by atoms with E-state index >= 15 is 0 Å². The summed E-state index contributed by atoms with van der Waals surface area (Å²) < 4.78 is 55.9. The van der Waals surface area contributed by atoms with Gasteiger partial charge in [-0.05, 0) is 42.0 Å². The second-order valence-electron chi connectivity index (χ2n) is 7.20. The van der Waals surface area contributed by atoms with Gasteiger partial charge < -0.3 is 15.4 Å². The number of sulfone groups is 2. The molecule has 8 nitrogen and oxygen atoms in total. The number of amides is 1. The molecule has 2 aromatic rings. The normalized spacial score (nSPS) is 20.6. The molecule has 10 heteroatoms. The Bertz CT molecular complexity index is 1110. The summed E-state index contributed by atoms with van der Waals surface area (Å²) in [5.41, 5.74) is 1.35. The summed E-state index contributed by atoms with van der Waals surface area (Å²) in [4.78, 5) is 11.2. The van der Waals surface area contributed by atoms with E-state index in [1.54, 1.807) is 19.2 Å². The Labute approximate surface area is 176 Å². The van der Waals surface area contributed by atoms with Gasteiger partial charge in [0.15, 0.2) is 19.7 Å². The molecule has 1 heterocycles. The van der Waals surface area contributed by atoms with Crippen molar-refractivity contribution in [3.05, 3.63) is 54.1 Å². The molecule has 1 saturated heterocycles. The second-order valence-corrected chi connectivity index (χ2v) is 11.5. The van der Waals surface area contributed by atoms with Gasteiger partial charge in [0.25, 0.3) is 0 Å².